The minimum absolute atomic E-state index is 0.0302. The quantitative estimate of drug-likeness (QED) is 0.232. The first-order valence-electron chi connectivity index (χ1n) is 14.7. The normalized spacial score (nSPS) is 16.9. The van der Waals surface area contributed by atoms with Crippen LogP contribution in [0, 0.1) is 17.0 Å². The van der Waals surface area contributed by atoms with Crippen LogP contribution in [0.3, 0.4) is 0 Å². The molecule has 1 aliphatic carbocycles. The van der Waals surface area contributed by atoms with Crippen LogP contribution in [0.4, 0.5) is 20.2 Å². The largest absolute Gasteiger partial charge is 0.486 e. The van der Waals surface area contributed by atoms with E-state index in [9.17, 15) is 14.0 Å². The molecule has 1 saturated heterocycles. The number of anilines is 2. The van der Waals surface area contributed by atoms with Gasteiger partial charge in [0.05, 0.1) is 24.1 Å². The Kier molecular flexibility index (Phi) is 7.58. The fraction of sp³-hybridized carbons (Fsp3) is 0.303. The molecule has 4 aromatic rings. The van der Waals surface area contributed by atoms with Crippen molar-refractivity contribution in [3.8, 4) is 28.7 Å². The van der Waals surface area contributed by atoms with Crippen LogP contribution in [0.25, 0.3) is 10.9 Å². The molecule has 1 aromatic heterocycles. The van der Waals surface area contributed by atoms with Gasteiger partial charge in [0.1, 0.15) is 36.3 Å². The summed E-state index contributed by atoms with van der Waals surface area (Å²) in [6, 6.07) is 12.6. The van der Waals surface area contributed by atoms with Gasteiger partial charge < -0.3 is 34.3 Å². The van der Waals surface area contributed by atoms with Crippen molar-refractivity contribution in [1.82, 2.24) is 4.98 Å². The second-order valence-corrected chi connectivity index (χ2v) is 11.1. The van der Waals surface area contributed by atoms with E-state index in [4.69, 9.17) is 23.7 Å². The minimum atomic E-state index is -1.29. The molecule has 1 saturated carbocycles. The van der Waals surface area contributed by atoms with Gasteiger partial charge in [-0.3, -0.25) is 14.6 Å². The summed E-state index contributed by atoms with van der Waals surface area (Å²) >= 11 is 0. The molecular formula is C33H29F2N3O7. The van der Waals surface area contributed by atoms with Crippen LogP contribution >= 0.6 is 0 Å². The Labute approximate surface area is 256 Å². The monoisotopic (exact) mass is 617 g/mol. The van der Waals surface area contributed by atoms with Crippen molar-refractivity contribution in [2.45, 2.75) is 31.8 Å². The highest BCUT2D eigenvalue weighted by Gasteiger charge is 2.56. The number of nitrogens with one attached hydrogen (secondary N) is 2. The lowest BCUT2D eigenvalue weighted by molar-refractivity contribution is -0.131. The number of hydrogen-bond donors (Lipinski definition) is 2. The zero-order valence-corrected chi connectivity index (χ0v) is 24.1. The SMILES string of the molecule is O=C(Nc1ccc(F)cc1)C1(C(=O)Nc2ccc(Oc3ccnc4cc(OC5CCOCC5)c5c(c34)OCCO5)c(F)c2)CC1. The Bertz CT molecular complexity index is 1770. The Hall–Kier alpha value is -4.97. The first-order chi connectivity index (χ1) is 21.9. The number of fused-ring (bicyclic) bond motifs is 3. The van der Waals surface area contributed by atoms with Crippen molar-refractivity contribution in [2.75, 3.05) is 37.1 Å². The number of nitrogens with zero attached hydrogens (tertiary/aromatic N) is 1. The van der Waals surface area contributed by atoms with Crippen LogP contribution < -0.4 is 29.6 Å². The van der Waals surface area contributed by atoms with Crippen LogP contribution in [-0.2, 0) is 14.3 Å². The fourth-order valence-corrected chi connectivity index (χ4v) is 5.42. The molecule has 0 atom stereocenters. The lowest BCUT2D eigenvalue weighted by atomic mass is 10.0. The van der Waals surface area contributed by atoms with Gasteiger partial charge in [-0.15, -0.1) is 0 Å². The molecule has 0 unspecified atom stereocenters. The van der Waals surface area contributed by atoms with Gasteiger partial charge in [0, 0.05) is 42.5 Å². The number of aromatic nitrogens is 1. The average Bonchev–Trinajstić information content (AvgIpc) is 3.87. The second kappa shape index (κ2) is 11.8. The average molecular weight is 618 g/mol. The highest BCUT2D eigenvalue weighted by atomic mass is 19.1. The van der Waals surface area contributed by atoms with E-state index in [2.05, 4.69) is 15.6 Å². The van der Waals surface area contributed by atoms with Gasteiger partial charge >= 0.3 is 0 Å². The number of rotatable bonds is 8. The fourth-order valence-electron chi connectivity index (χ4n) is 5.42. The number of amides is 2. The molecule has 3 aromatic carbocycles. The molecular weight excluding hydrogens is 588 g/mol. The maximum atomic E-state index is 15.4. The third-order valence-electron chi connectivity index (χ3n) is 8.04. The molecule has 45 heavy (non-hydrogen) atoms. The van der Waals surface area contributed by atoms with Crippen LogP contribution in [0.5, 0.6) is 28.7 Å². The Morgan fingerprint density at radius 3 is 2.20 bits per heavy atom. The molecule has 0 radical (unpaired) electrons. The molecule has 12 heteroatoms. The van der Waals surface area contributed by atoms with Crippen LogP contribution in [0.2, 0.25) is 0 Å². The van der Waals surface area contributed by atoms with E-state index >= 15 is 4.39 Å². The number of benzene rings is 3. The van der Waals surface area contributed by atoms with E-state index in [1.165, 1.54) is 36.4 Å². The van der Waals surface area contributed by atoms with Crippen LogP contribution in [0.15, 0.2) is 60.8 Å². The Balaban J connectivity index is 1.09. The van der Waals surface area contributed by atoms with Crippen LogP contribution in [0.1, 0.15) is 25.7 Å². The van der Waals surface area contributed by atoms with E-state index in [0.717, 1.165) is 18.9 Å². The van der Waals surface area contributed by atoms with Gasteiger partial charge in [0.25, 0.3) is 0 Å². The Morgan fingerprint density at radius 1 is 0.800 bits per heavy atom. The molecule has 0 bridgehead atoms. The van der Waals surface area contributed by atoms with E-state index in [1.807, 2.05) is 0 Å². The van der Waals surface area contributed by atoms with Crippen molar-refractivity contribution < 1.29 is 42.1 Å². The predicted octanol–water partition coefficient (Wildman–Crippen LogP) is 5.99. The van der Waals surface area contributed by atoms with Crippen molar-refractivity contribution in [3.63, 3.8) is 0 Å². The maximum absolute atomic E-state index is 15.4. The van der Waals surface area contributed by atoms with E-state index in [0.29, 0.717) is 78.9 Å². The van der Waals surface area contributed by atoms with Crippen molar-refractivity contribution in [1.29, 1.82) is 0 Å². The smallest absolute Gasteiger partial charge is 0.240 e. The first-order valence-corrected chi connectivity index (χ1v) is 14.7. The third-order valence-corrected chi connectivity index (χ3v) is 8.04. The lowest BCUT2D eigenvalue weighted by Crippen LogP contribution is -2.35. The van der Waals surface area contributed by atoms with Crippen LogP contribution in [-0.4, -0.2) is 49.3 Å². The van der Waals surface area contributed by atoms with E-state index in [-0.39, 0.29) is 17.5 Å². The standard InChI is InChI=1S/C33H29F2N3O7/c34-19-1-3-20(4-2-19)37-31(39)33(10-11-33)32(40)38-21-5-6-25(23(35)17-21)45-26-7-12-36-24-18-27(44-22-8-13-41-14-9-22)29-30(28(24)26)43-16-15-42-29/h1-7,12,17-18,22H,8-11,13-16H2,(H,37,39)(H,38,40). The van der Waals surface area contributed by atoms with Gasteiger partial charge in [-0.25, -0.2) is 8.78 Å². The lowest BCUT2D eigenvalue weighted by Gasteiger charge is -2.27. The van der Waals surface area contributed by atoms with Crippen molar-refractivity contribution in [3.05, 3.63) is 72.4 Å². The number of pyridine rings is 1. The topological polar surface area (TPSA) is 117 Å². The highest BCUT2D eigenvalue weighted by molar-refractivity contribution is 6.16. The molecule has 3 aliphatic rings. The molecule has 0 spiro atoms. The van der Waals surface area contributed by atoms with E-state index in [1.54, 1.807) is 18.3 Å². The molecule has 7 rings (SSSR count). The van der Waals surface area contributed by atoms with Crippen molar-refractivity contribution in [2.24, 2.45) is 5.41 Å². The zero-order chi connectivity index (χ0) is 31.0. The summed E-state index contributed by atoms with van der Waals surface area (Å²) in [6.45, 7) is 1.89. The summed E-state index contributed by atoms with van der Waals surface area (Å²) < 4.78 is 58.2. The van der Waals surface area contributed by atoms with Crippen molar-refractivity contribution >= 4 is 34.1 Å². The number of halogens is 2. The summed E-state index contributed by atoms with van der Waals surface area (Å²) in [5.41, 5.74) is -0.228. The van der Waals surface area contributed by atoms with Gasteiger partial charge in [-0.2, -0.15) is 0 Å². The minimum Gasteiger partial charge on any atom is -0.486 e. The predicted molar refractivity (Wildman–Crippen MR) is 159 cm³/mol. The second-order valence-electron chi connectivity index (χ2n) is 11.1. The number of carbonyl (C=O) groups is 2. The summed E-state index contributed by atoms with van der Waals surface area (Å²) in [7, 11) is 0. The third kappa shape index (κ3) is 5.80. The molecule has 2 amide bonds. The van der Waals surface area contributed by atoms with Gasteiger partial charge in [0.15, 0.2) is 23.1 Å². The maximum Gasteiger partial charge on any atom is 0.240 e. The molecule has 232 valence electrons. The van der Waals surface area contributed by atoms with Gasteiger partial charge in [-0.1, -0.05) is 0 Å². The number of ether oxygens (including phenoxy) is 5. The summed E-state index contributed by atoms with van der Waals surface area (Å²) in [4.78, 5) is 30.4. The Morgan fingerprint density at radius 2 is 1.49 bits per heavy atom. The first kappa shape index (κ1) is 28.8. The van der Waals surface area contributed by atoms with Gasteiger partial charge in [-0.05, 0) is 55.3 Å². The molecule has 2 fully saturated rings. The molecule has 2 aliphatic heterocycles. The molecule has 10 nitrogen and oxygen atoms in total. The molecule has 2 N–H and O–H groups in total. The number of carbonyl (C=O) groups excluding carboxylic acids is 2. The van der Waals surface area contributed by atoms with E-state index < -0.39 is 28.9 Å². The zero-order valence-electron chi connectivity index (χ0n) is 24.1. The molecule has 3 heterocycles. The summed E-state index contributed by atoms with van der Waals surface area (Å²) in [5, 5.41) is 5.79. The summed E-state index contributed by atoms with van der Waals surface area (Å²) in [6.07, 6.45) is 3.70. The van der Waals surface area contributed by atoms with Gasteiger partial charge in [0.2, 0.25) is 17.6 Å². The highest BCUT2D eigenvalue weighted by Crippen LogP contribution is 2.50. The summed E-state index contributed by atoms with van der Waals surface area (Å²) in [5.74, 6) is -0.678. The number of hydrogen-bond acceptors (Lipinski definition) is 8.